The molecule has 0 aliphatic rings. The fourth-order valence-corrected chi connectivity index (χ4v) is 12.2. The smallest absolute Gasteiger partial charge is 0.463 e. The summed E-state index contributed by atoms with van der Waals surface area (Å²) < 4.78 is 69.2. The maximum Gasteiger partial charge on any atom is 0.472 e. The maximum absolute atomic E-state index is 13.1. The molecule has 0 aromatic rings. The zero-order chi connectivity index (χ0) is 74.4. The Morgan fingerprint density at radius 3 is 0.990 bits per heavy atom. The lowest BCUT2D eigenvalue weighted by Gasteiger charge is -2.21. The molecule has 5 atom stereocenters. The van der Waals surface area contributed by atoms with Crippen molar-refractivity contribution in [3.63, 3.8) is 0 Å². The second-order valence-corrected chi connectivity index (χ2v) is 29.5. The largest absolute Gasteiger partial charge is 0.472 e. The number of phosphoric ester groups is 2. The number of phosphoric acid groups is 2. The Bertz CT molecular complexity index is 2330. The van der Waals surface area contributed by atoms with Gasteiger partial charge in [0.2, 0.25) is 0 Å². The Balaban J connectivity index is 5.37. The molecule has 0 heterocycles. The number of allylic oxidation sites excluding steroid dienone is 18. The number of aliphatic hydroxyl groups excluding tert-OH is 1. The van der Waals surface area contributed by atoms with Crippen molar-refractivity contribution in [2.75, 3.05) is 46.2 Å². The van der Waals surface area contributed by atoms with E-state index in [4.69, 9.17) is 37.0 Å². The third kappa shape index (κ3) is 75.6. The van der Waals surface area contributed by atoms with Gasteiger partial charge in [0.25, 0.3) is 0 Å². The molecule has 0 aromatic carbocycles. The van der Waals surface area contributed by atoms with Crippen LogP contribution in [0.1, 0.15) is 329 Å². The van der Waals surface area contributed by atoms with Crippen molar-refractivity contribution < 1.29 is 80.2 Å². The fraction of sp³-hybridized carbons (Fsp3) is 0.735. The first-order valence-corrected chi connectivity index (χ1v) is 43.1. The standard InChI is InChI=1S/C83H144O17P2/c1-4-7-10-13-16-19-22-25-27-29-33-38-43-48-52-57-62-67-81(86)94-74-79(93-71-66-61-56-51-46-41-36-32-31-35-40-45-50-55-60-65-70-84)76-98-101(89,90)96-72-78(85)73-97-102(91,92)99-77-80(75-95-82(87)68-63-58-53-47-42-37-24-21-18-15-12-9-6-3)100-83(88)69-64-59-54-49-44-39-34-30-28-26-23-20-17-14-11-8-5-2/h16-17,19-20,25-28,31,33-35,38-39,48-49,52,54,70,78-80,85H,4-15,18,21-24,29-30,32,36-37,40-47,50-51,53,55-69,71-77H2,1-3H3,(H,89,90)(H,91,92)/b19-16-,20-17-,27-25-,28-26-,35-31-,38-33-,39-34-,52-48-,54-49-/t78-,79-,80-/m1/s1. The van der Waals surface area contributed by atoms with Crippen LogP contribution in [0.4, 0.5) is 0 Å². The van der Waals surface area contributed by atoms with Gasteiger partial charge in [0.05, 0.1) is 26.4 Å². The molecule has 0 radical (unpaired) electrons. The predicted molar refractivity (Wildman–Crippen MR) is 418 cm³/mol. The quantitative estimate of drug-likeness (QED) is 0.0128. The van der Waals surface area contributed by atoms with Crippen LogP contribution in [0.25, 0.3) is 0 Å². The van der Waals surface area contributed by atoms with Crippen molar-refractivity contribution >= 4 is 39.8 Å². The summed E-state index contributed by atoms with van der Waals surface area (Å²) in [7, 11) is -9.83. The minimum absolute atomic E-state index is 0.0305. The summed E-state index contributed by atoms with van der Waals surface area (Å²) in [6.07, 6.45) is 82.9. The average molecular weight is 1480 g/mol. The molecule has 19 heteroatoms. The molecule has 0 rings (SSSR count). The summed E-state index contributed by atoms with van der Waals surface area (Å²) in [5.74, 6) is -1.57. The second-order valence-electron chi connectivity index (χ2n) is 26.6. The Labute approximate surface area is 619 Å². The summed E-state index contributed by atoms with van der Waals surface area (Å²) in [5, 5.41) is 10.6. The highest BCUT2D eigenvalue weighted by molar-refractivity contribution is 7.47. The topological polar surface area (TPSA) is 237 Å². The molecule has 17 nitrogen and oxygen atoms in total. The van der Waals surface area contributed by atoms with Crippen LogP contribution >= 0.6 is 15.6 Å². The summed E-state index contributed by atoms with van der Waals surface area (Å²) in [6, 6.07) is 0. The highest BCUT2D eigenvalue weighted by Crippen LogP contribution is 2.45. The summed E-state index contributed by atoms with van der Waals surface area (Å²) >= 11 is 0. The van der Waals surface area contributed by atoms with Crippen LogP contribution in [0, 0.1) is 0 Å². The number of esters is 3. The van der Waals surface area contributed by atoms with Crippen LogP contribution < -0.4 is 0 Å². The molecular weight excluding hydrogens is 1330 g/mol. The van der Waals surface area contributed by atoms with Crippen LogP contribution in [0.15, 0.2) is 109 Å². The maximum atomic E-state index is 13.1. The normalized spacial score (nSPS) is 14.5. The predicted octanol–water partition coefficient (Wildman–Crippen LogP) is 23.0. The van der Waals surface area contributed by atoms with E-state index in [9.17, 15) is 43.2 Å². The van der Waals surface area contributed by atoms with Crippen LogP contribution in [-0.4, -0.2) is 104 Å². The van der Waals surface area contributed by atoms with Crippen molar-refractivity contribution in [3.05, 3.63) is 109 Å². The third-order valence-electron chi connectivity index (χ3n) is 16.7. The van der Waals surface area contributed by atoms with Gasteiger partial charge in [0.15, 0.2) is 6.10 Å². The van der Waals surface area contributed by atoms with E-state index in [1.807, 2.05) is 18.2 Å². The molecule has 2 unspecified atom stereocenters. The van der Waals surface area contributed by atoms with Gasteiger partial charge in [-0.3, -0.25) is 32.5 Å². The number of hydrogen-bond acceptors (Lipinski definition) is 15. The molecular formula is C83H144O17P2. The van der Waals surface area contributed by atoms with Gasteiger partial charge in [-0.25, -0.2) is 9.13 Å². The molecule has 0 bridgehead atoms. The van der Waals surface area contributed by atoms with E-state index >= 15 is 0 Å². The first-order chi connectivity index (χ1) is 49.8. The number of aldehydes is 1. The molecule has 0 spiro atoms. The van der Waals surface area contributed by atoms with Gasteiger partial charge in [-0.1, -0.05) is 278 Å². The van der Waals surface area contributed by atoms with E-state index in [0.717, 1.165) is 154 Å². The number of carbonyl (C=O) groups is 4. The number of rotatable bonds is 77. The lowest BCUT2D eigenvalue weighted by Crippen LogP contribution is -2.30. The highest BCUT2D eigenvalue weighted by Gasteiger charge is 2.30. The zero-order valence-corrected chi connectivity index (χ0v) is 65.8. The molecule has 0 saturated heterocycles. The van der Waals surface area contributed by atoms with E-state index in [1.54, 1.807) is 0 Å². The lowest BCUT2D eigenvalue weighted by molar-refractivity contribution is -0.161. The van der Waals surface area contributed by atoms with E-state index in [2.05, 4.69) is 112 Å². The molecule has 0 amide bonds. The van der Waals surface area contributed by atoms with Crippen molar-refractivity contribution in [3.8, 4) is 0 Å². The van der Waals surface area contributed by atoms with Crippen molar-refractivity contribution in [2.45, 2.75) is 347 Å². The number of aliphatic hydroxyl groups is 1. The van der Waals surface area contributed by atoms with Gasteiger partial charge >= 0.3 is 33.6 Å². The average Bonchev–Trinajstić information content (AvgIpc) is 0.931. The first-order valence-electron chi connectivity index (χ1n) is 40.1. The van der Waals surface area contributed by atoms with Gasteiger partial charge in [0, 0.05) is 32.3 Å². The fourth-order valence-electron chi connectivity index (χ4n) is 10.6. The van der Waals surface area contributed by atoms with Crippen molar-refractivity contribution in [2.24, 2.45) is 0 Å². The van der Waals surface area contributed by atoms with Gasteiger partial charge in [-0.05, 0) is 135 Å². The molecule has 0 fully saturated rings. The molecule has 588 valence electrons. The number of hydrogen-bond donors (Lipinski definition) is 3. The Kier molecular flexibility index (Phi) is 73.4. The molecule has 0 aliphatic heterocycles. The van der Waals surface area contributed by atoms with E-state index in [0.29, 0.717) is 44.9 Å². The zero-order valence-electron chi connectivity index (χ0n) is 64.0. The monoisotopic (exact) mass is 1470 g/mol. The molecule has 3 N–H and O–H groups in total. The summed E-state index contributed by atoms with van der Waals surface area (Å²) in [4.78, 5) is 70.4. The number of ether oxygens (including phenoxy) is 4. The minimum Gasteiger partial charge on any atom is -0.463 e. The molecule has 0 aromatic heterocycles. The van der Waals surface area contributed by atoms with Crippen LogP contribution in [0.2, 0.25) is 0 Å². The van der Waals surface area contributed by atoms with Crippen LogP contribution in [-0.2, 0) is 65.4 Å². The van der Waals surface area contributed by atoms with Crippen LogP contribution in [0.5, 0.6) is 0 Å². The Hall–Kier alpha value is -4.12. The Morgan fingerprint density at radius 1 is 0.314 bits per heavy atom. The van der Waals surface area contributed by atoms with Crippen molar-refractivity contribution in [1.29, 1.82) is 0 Å². The van der Waals surface area contributed by atoms with Gasteiger partial charge in [-0.2, -0.15) is 0 Å². The number of carbonyl (C=O) groups excluding carboxylic acids is 4. The van der Waals surface area contributed by atoms with E-state index in [1.165, 1.54) is 96.3 Å². The summed E-state index contributed by atoms with van der Waals surface area (Å²) in [6.45, 7) is 3.36. The SMILES string of the molecule is CCCCC/C=C\C/C=C\C/C=C\C/C=C\CCCC(=O)OC[C@H](COP(=O)(O)OC[C@@H](O)COP(=O)(O)OC[C@@H](COC(=O)CCCCCCCCCCCCCCC)OC(=O)CCC/C=C\C/C=C\C/C=C\C/C=C\CCCCC)OCCCCCCCCC/C=C\CCCCCCC=O. The van der Waals surface area contributed by atoms with E-state index in [-0.39, 0.29) is 32.5 Å². The van der Waals surface area contributed by atoms with Crippen molar-refractivity contribution in [1.82, 2.24) is 0 Å². The van der Waals surface area contributed by atoms with Crippen LogP contribution in [0.3, 0.4) is 0 Å². The lowest BCUT2D eigenvalue weighted by atomic mass is 10.0. The van der Waals surface area contributed by atoms with Gasteiger partial charge < -0.3 is 38.6 Å². The summed E-state index contributed by atoms with van der Waals surface area (Å²) in [5.41, 5.74) is 0. The third-order valence-corrected chi connectivity index (χ3v) is 18.6. The highest BCUT2D eigenvalue weighted by atomic mass is 31.2. The second kappa shape index (κ2) is 76.5. The number of unbranched alkanes of at least 4 members (excludes halogenated alkanes) is 32. The molecule has 0 saturated carbocycles. The minimum atomic E-state index is -4.96. The van der Waals surface area contributed by atoms with Gasteiger partial charge in [0.1, 0.15) is 31.7 Å². The first kappa shape index (κ1) is 97.9. The van der Waals surface area contributed by atoms with Gasteiger partial charge in [-0.15, -0.1) is 0 Å². The molecule has 0 aliphatic carbocycles. The Morgan fingerprint density at radius 2 is 0.588 bits per heavy atom. The van der Waals surface area contributed by atoms with E-state index < -0.39 is 84.9 Å². The molecule has 102 heavy (non-hydrogen) atoms.